The number of aromatic nitrogens is 1. The summed E-state index contributed by atoms with van der Waals surface area (Å²) in [6, 6.07) is 9.25. The van der Waals surface area contributed by atoms with Crippen LogP contribution >= 0.6 is 11.6 Å². The second-order valence-corrected chi connectivity index (χ2v) is 4.68. The summed E-state index contributed by atoms with van der Waals surface area (Å²) in [5.41, 5.74) is 1.31. The van der Waals surface area contributed by atoms with Crippen LogP contribution in [-0.4, -0.2) is 16.9 Å². The smallest absolute Gasteiger partial charge is 0.252 e. The Hall–Kier alpha value is -1.61. The molecule has 0 bridgehead atoms. The van der Waals surface area contributed by atoms with Crippen LogP contribution in [0.15, 0.2) is 30.3 Å². The topological polar surface area (TPSA) is 42.0 Å². The highest BCUT2D eigenvalue weighted by atomic mass is 35.5. The molecule has 1 aromatic carbocycles. The molecule has 1 heterocycles. The van der Waals surface area contributed by atoms with E-state index in [-0.39, 0.29) is 11.9 Å². The zero-order valence-corrected chi connectivity index (χ0v) is 11.2. The number of hydrogen-bond donors (Lipinski definition) is 1. The lowest BCUT2D eigenvalue weighted by Gasteiger charge is -2.12. The zero-order valence-electron chi connectivity index (χ0n) is 10.4. The number of pyridine rings is 1. The standard InChI is InChI=1S/C14H15ClN2O/c1-3-9(2)16-14(18)11-8-13(15)17-12-7-5-4-6-10(11)12/h4-9H,3H2,1-2H3,(H,16,18)/t9-/m1/s1. The van der Waals surface area contributed by atoms with E-state index in [1.165, 1.54) is 0 Å². The summed E-state index contributed by atoms with van der Waals surface area (Å²) >= 11 is 5.95. The lowest BCUT2D eigenvalue weighted by molar-refractivity contribution is 0.0941. The van der Waals surface area contributed by atoms with Crippen LogP contribution in [0.1, 0.15) is 30.6 Å². The van der Waals surface area contributed by atoms with Crippen molar-refractivity contribution in [2.24, 2.45) is 0 Å². The van der Waals surface area contributed by atoms with E-state index in [0.29, 0.717) is 10.7 Å². The average Bonchev–Trinajstić information content (AvgIpc) is 2.37. The number of hydrogen-bond acceptors (Lipinski definition) is 2. The monoisotopic (exact) mass is 262 g/mol. The van der Waals surface area contributed by atoms with E-state index in [9.17, 15) is 4.79 Å². The van der Waals surface area contributed by atoms with Gasteiger partial charge in [0.05, 0.1) is 11.1 Å². The van der Waals surface area contributed by atoms with Gasteiger partial charge in [-0.3, -0.25) is 4.79 Å². The number of carbonyl (C=O) groups is 1. The fourth-order valence-electron chi connectivity index (χ4n) is 1.73. The molecule has 3 nitrogen and oxygen atoms in total. The molecular formula is C14H15ClN2O. The molecule has 0 spiro atoms. The third-order valence-electron chi connectivity index (χ3n) is 2.92. The molecule has 0 radical (unpaired) electrons. The van der Waals surface area contributed by atoms with Crippen molar-refractivity contribution in [1.29, 1.82) is 0 Å². The number of para-hydroxylation sites is 1. The maximum absolute atomic E-state index is 12.2. The Morgan fingerprint density at radius 2 is 2.17 bits per heavy atom. The van der Waals surface area contributed by atoms with E-state index < -0.39 is 0 Å². The highest BCUT2D eigenvalue weighted by molar-refractivity contribution is 6.30. The Labute approximate surface area is 111 Å². The molecule has 0 aliphatic rings. The fraction of sp³-hybridized carbons (Fsp3) is 0.286. The first-order chi connectivity index (χ1) is 8.61. The minimum absolute atomic E-state index is 0.107. The van der Waals surface area contributed by atoms with E-state index in [1.54, 1.807) is 6.07 Å². The summed E-state index contributed by atoms with van der Waals surface area (Å²) < 4.78 is 0. The molecule has 18 heavy (non-hydrogen) atoms. The molecule has 1 amide bonds. The minimum Gasteiger partial charge on any atom is -0.350 e. The van der Waals surface area contributed by atoms with Crippen molar-refractivity contribution >= 4 is 28.4 Å². The van der Waals surface area contributed by atoms with Gasteiger partial charge in [-0.25, -0.2) is 4.98 Å². The zero-order chi connectivity index (χ0) is 13.1. The van der Waals surface area contributed by atoms with E-state index >= 15 is 0 Å². The molecule has 0 aliphatic carbocycles. The lowest BCUT2D eigenvalue weighted by atomic mass is 10.1. The summed E-state index contributed by atoms with van der Waals surface area (Å²) in [4.78, 5) is 16.4. The normalized spacial score (nSPS) is 12.4. The van der Waals surface area contributed by atoms with Gasteiger partial charge in [-0.05, 0) is 25.5 Å². The first-order valence-corrected chi connectivity index (χ1v) is 6.35. The van der Waals surface area contributed by atoms with Gasteiger partial charge < -0.3 is 5.32 Å². The van der Waals surface area contributed by atoms with Gasteiger partial charge >= 0.3 is 0 Å². The van der Waals surface area contributed by atoms with Crippen molar-refractivity contribution in [1.82, 2.24) is 10.3 Å². The van der Waals surface area contributed by atoms with Crippen molar-refractivity contribution < 1.29 is 4.79 Å². The number of fused-ring (bicyclic) bond motifs is 1. The van der Waals surface area contributed by atoms with Gasteiger partial charge in [0, 0.05) is 11.4 Å². The molecule has 0 unspecified atom stereocenters. The van der Waals surface area contributed by atoms with Crippen LogP contribution in [0.25, 0.3) is 10.9 Å². The molecule has 2 aromatic rings. The Morgan fingerprint density at radius 3 is 2.89 bits per heavy atom. The summed E-state index contributed by atoms with van der Waals surface area (Å²) in [5, 5.41) is 4.10. The Bertz CT molecular complexity index is 583. The quantitative estimate of drug-likeness (QED) is 0.862. The van der Waals surface area contributed by atoms with Crippen LogP contribution in [0.2, 0.25) is 5.15 Å². The maximum atomic E-state index is 12.2. The Balaban J connectivity index is 2.46. The largest absolute Gasteiger partial charge is 0.350 e. The predicted octanol–water partition coefficient (Wildman–Crippen LogP) is 3.42. The van der Waals surface area contributed by atoms with Gasteiger partial charge in [0.15, 0.2) is 0 Å². The van der Waals surface area contributed by atoms with Gasteiger partial charge in [0.1, 0.15) is 5.15 Å². The molecule has 2 rings (SSSR count). The maximum Gasteiger partial charge on any atom is 0.252 e. The van der Waals surface area contributed by atoms with Crippen molar-refractivity contribution in [3.05, 3.63) is 41.0 Å². The molecule has 0 saturated carbocycles. The molecule has 1 aromatic heterocycles. The molecular weight excluding hydrogens is 248 g/mol. The number of halogens is 1. The van der Waals surface area contributed by atoms with Crippen molar-refractivity contribution in [3.8, 4) is 0 Å². The lowest BCUT2D eigenvalue weighted by Crippen LogP contribution is -2.32. The first kappa shape index (κ1) is 12.8. The molecule has 1 N–H and O–H groups in total. The average molecular weight is 263 g/mol. The van der Waals surface area contributed by atoms with Crippen molar-refractivity contribution in [2.75, 3.05) is 0 Å². The fourth-order valence-corrected chi connectivity index (χ4v) is 1.93. The van der Waals surface area contributed by atoms with E-state index in [2.05, 4.69) is 10.3 Å². The summed E-state index contributed by atoms with van der Waals surface area (Å²) in [5.74, 6) is -0.107. The molecule has 1 atom stereocenters. The number of nitrogens with zero attached hydrogens (tertiary/aromatic N) is 1. The second-order valence-electron chi connectivity index (χ2n) is 4.29. The second kappa shape index (κ2) is 5.36. The van der Waals surface area contributed by atoms with Crippen LogP contribution in [-0.2, 0) is 0 Å². The number of amides is 1. The summed E-state index contributed by atoms with van der Waals surface area (Å²) in [7, 11) is 0. The Morgan fingerprint density at radius 1 is 1.44 bits per heavy atom. The van der Waals surface area contributed by atoms with E-state index in [0.717, 1.165) is 17.3 Å². The van der Waals surface area contributed by atoms with E-state index in [4.69, 9.17) is 11.6 Å². The van der Waals surface area contributed by atoms with Crippen molar-refractivity contribution in [2.45, 2.75) is 26.3 Å². The van der Waals surface area contributed by atoms with Crippen LogP contribution in [0, 0.1) is 0 Å². The number of rotatable bonds is 3. The molecule has 94 valence electrons. The highest BCUT2D eigenvalue weighted by Crippen LogP contribution is 2.20. The van der Waals surface area contributed by atoms with Gasteiger partial charge in [0.25, 0.3) is 5.91 Å². The van der Waals surface area contributed by atoms with Gasteiger partial charge in [-0.15, -0.1) is 0 Å². The van der Waals surface area contributed by atoms with E-state index in [1.807, 2.05) is 38.1 Å². The Kier molecular flexibility index (Phi) is 3.82. The number of nitrogens with one attached hydrogen (secondary N) is 1. The number of benzene rings is 1. The molecule has 0 aliphatic heterocycles. The van der Waals surface area contributed by atoms with Gasteiger partial charge in [0.2, 0.25) is 0 Å². The molecule has 0 saturated heterocycles. The molecule has 4 heteroatoms. The summed E-state index contributed by atoms with van der Waals surface area (Å²) in [6.07, 6.45) is 0.891. The van der Waals surface area contributed by atoms with Crippen LogP contribution < -0.4 is 5.32 Å². The van der Waals surface area contributed by atoms with Crippen LogP contribution in [0.3, 0.4) is 0 Å². The van der Waals surface area contributed by atoms with Crippen LogP contribution in [0.4, 0.5) is 0 Å². The molecule has 0 fully saturated rings. The minimum atomic E-state index is -0.107. The third kappa shape index (κ3) is 2.62. The highest BCUT2D eigenvalue weighted by Gasteiger charge is 2.13. The first-order valence-electron chi connectivity index (χ1n) is 5.98. The van der Waals surface area contributed by atoms with Crippen LogP contribution in [0.5, 0.6) is 0 Å². The van der Waals surface area contributed by atoms with Crippen molar-refractivity contribution in [3.63, 3.8) is 0 Å². The third-order valence-corrected chi connectivity index (χ3v) is 3.11. The predicted molar refractivity (Wildman–Crippen MR) is 74.0 cm³/mol. The SMILES string of the molecule is CC[C@@H](C)NC(=O)c1cc(Cl)nc2ccccc12. The number of carbonyl (C=O) groups excluding carboxylic acids is 1. The van der Waals surface area contributed by atoms with Gasteiger partial charge in [-0.1, -0.05) is 36.7 Å². The van der Waals surface area contributed by atoms with Gasteiger partial charge in [-0.2, -0.15) is 0 Å². The summed E-state index contributed by atoms with van der Waals surface area (Å²) in [6.45, 7) is 4.01.